The van der Waals surface area contributed by atoms with E-state index in [1.807, 2.05) is 12.1 Å². The van der Waals surface area contributed by atoms with E-state index in [0.29, 0.717) is 16.3 Å². The van der Waals surface area contributed by atoms with Crippen LogP contribution in [0.2, 0.25) is 5.02 Å². The molecule has 3 N–H and O–H groups in total. The van der Waals surface area contributed by atoms with Crippen molar-refractivity contribution in [1.29, 1.82) is 0 Å². The number of aromatic amines is 1. The van der Waals surface area contributed by atoms with Gasteiger partial charge in [-0.3, -0.25) is 0 Å². The highest BCUT2D eigenvalue weighted by molar-refractivity contribution is 6.30. The van der Waals surface area contributed by atoms with Gasteiger partial charge in [-0.1, -0.05) is 23.7 Å². The van der Waals surface area contributed by atoms with Gasteiger partial charge in [-0.15, -0.1) is 0 Å². The molecule has 82 valence electrons. The van der Waals surface area contributed by atoms with Crippen LogP contribution in [0, 0.1) is 6.92 Å². The zero-order chi connectivity index (χ0) is 11.7. The van der Waals surface area contributed by atoms with E-state index in [9.17, 15) is 4.79 Å². The molecule has 2 aromatic rings. The summed E-state index contributed by atoms with van der Waals surface area (Å²) in [5, 5.41) is 0.613. The number of anilines is 1. The quantitative estimate of drug-likeness (QED) is 0.794. The minimum atomic E-state index is -0.444. The number of benzene rings is 1. The maximum absolute atomic E-state index is 11.1. The van der Waals surface area contributed by atoms with Crippen molar-refractivity contribution in [2.24, 2.45) is 0 Å². The van der Waals surface area contributed by atoms with Gasteiger partial charge in [0.25, 0.3) is 0 Å². The normalized spacial score (nSPS) is 10.4. The van der Waals surface area contributed by atoms with Gasteiger partial charge < -0.3 is 10.7 Å². The van der Waals surface area contributed by atoms with Crippen molar-refractivity contribution in [3.05, 3.63) is 45.5 Å². The minimum Gasteiger partial charge on any atom is -0.383 e. The Morgan fingerprint density at radius 3 is 2.81 bits per heavy atom. The average molecular weight is 236 g/mol. The molecule has 0 fully saturated rings. The lowest BCUT2D eigenvalue weighted by molar-refractivity contribution is 1.04. The summed E-state index contributed by atoms with van der Waals surface area (Å²) in [7, 11) is 0. The third-order valence-electron chi connectivity index (χ3n) is 2.26. The summed E-state index contributed by atoms with van der Waals surface area (Å²) in [6.07, 6.45) is 0. The fourth-order valence-electron chi connectivity index (χ4n) is 1.62. The number of aromatic nitrogens is 2. The first-order valence-corrected chi connectivity index (χ1v) is 5.08. The number of nitrogens with one attached hydrogen (secondary N) is 1. The first-order valence-electron chi connectivity index (χ1n) is 4.70. The van der Waals surface area contributed by atoms with Crippen LogP contribution < -0.4 is 11.4 Å². The highest BCUT2D eigenvalue weighted by Gasteiger charge is 2.09. The van der Waals surface area contributed by atoms with Gasteiger partial charge in [-0.05, 0) is 24.6 Å². The largest absolute Gasteiger partial charge is 0.383 e. The summed E-state index contributed by atoms with van der Waals surface area (Å²) < 4.78 is 0. The Bertz CT molecular complexity index is 566. The molecule has 0 atom stereocenters. The summed E-state index contributed by atoms with van der Waals surface area (Å²) >= 11 is 5.90. The number of nitrogen functional groups attached to an aromatic ring is 1. The Morgan fingerprint density at radius 1 is 1.44 bits per heavy atom. The Morgan fingerprint density at radius 2 is 2.19 bits per heavy atom. The Kier molecular flexibility index (Phi) is 2.66. The Labute approximate surface area is 97.1 Å². The molecule has 0 saturated heterocycles. The van der Waals surface area contributed by atoms with Gasteiger partial charge in [0.1, 0.15) is 5.82 Å². The summed E-state index contributed by atoms with van der Waals surface area (Å²) in [6, 6.07) is 7.24. The molecular weight excluding hydrogens is 226 g/mol. The van der Waals surface area contributed by atoms with E-state index < -0.39 is 5.69 Å². The molecule has 1 heterocycles. The van der Waals surface area contributed by atoms with Crippen LogP contribution in [-0.4, -0.2) is 9.97 Å². The van der Waals surface area contributed by atoms with E-state index in [1.54, 1.807) is 19.1 Å². The predicted molar refractivity (Wildman–Crippen MR) is 64.5 cm³/mol. The van der Waals surface area contributed by atoms with Crippen molar-refractivity contribution in [2.45, 2.75) is 6.92 Å². The monoisotopic (exact) mass is 235 g/mol. The second kappa shape index (κ2) is 3.98. The van der Waals surface area contributed by atoms with Crippen LogP contribution >= 0.6 is 11.6 Å². The molecular formula is C11H10ClN3O. The summed E-state index contributed by atoms with van der Waals surface area (Å²) in [4.78, 5) is 17.4. The third kappa shape index (κ3) is 1.92. The van der Waals surface area contributed by atoms with E-state index in [2.05, 4.69) is 9.97 Å². The topological polar surface area (TPSA) is 71.8 Å². The molecule has 4 nitrogen and oxygen atoms in total. The number of nitrogens with zero attached hydrogens (tertiary/aromatic N) is 1. The van der Waals surface area contributed by atoms with E-state index in [1.165, 1.54) is 0 Å². The third-order valence-corrected chi connectivity index (χ3v) is 2.50. The van der Waals surface area contributed by atoms with Gasteiger partial charge in [-0.25, -0.2) is 4.79 Å². The zero-order valence-corrected chi connectivity index (χ0v) is 9.38. The van der Waals surface area contributed by atoms with E-state index >= 15 is 0 Å². The highest BCUT2D eigenvalue weighted by atomic mass is 35.5. The standard InChI is InChI=1S/C11H10ClN3O/c1-6-9(10(13)15-11(16)14-6)7-3-2-4-8(12)5-7/h2-5H,1H3,(H3,13,14,15,16). The predicted octanol–water partition coefficient (Wildman–Crippen LogP) is 1.98. The Balaban J connectivity index is 2.69. The Hall–Kier alpha value is -1.81. The van der Waals surface area contributed by atoms with Gasteiger partial charge >= 0.3 is 5.69 Å². The van der Waals surface area contributed by atoms with E-state index in [0.717, 1.165) is 5.56 Å². The van der Waals surface area contributed by atoms with Gasteiger partial charge in [0.15, 0.2) is 0 Å². The van der Waals surface area contributed by atoms with Crippen LogP contribution in [0.1, 0.15) is 5.69 Å². The number of nitrogens with two attached hydrogens (primary N) is 1. The molecule has 16 heavy (non-hydrogen) atoms. The van der Waals surface area contributed by atoms with Crippen LogP contribution in [-0.2, 0) is 0 Å². The van der Waals surface area contributed by atoms with Crippen LogP contribution in [0.5, 0.6) is 0 Å². The lowest BCUT2D eigenvalue weighted by atomic mass is 10.1. The average Bonchev–Trinajstić information content (AvgIpc) is 2.15. The number of H-pyrrole nitrogens is 1. The molecule has 0 aliphatic carbocycles. The lowest BCUT2D eigenvalue weighted by Crippen LogP contribution is -2.15. The molecule has 0 bridgehead atoms. The maximum Gasteiger partial charge on any atom is 0.347 e. The minimum absolute atomic E-state index is 0.212. The van der Waals surface area contributed by atoms with Crippen LogP contribution in [0.4, 0.5) is 5.82 Å². The van der Waals surface area contributed by atoms with Crippen LogP contribution in [0.15, 0.2) is 29.1 Å². The number of hydrogen-bond acceptors (Lipinski definition) is 3. The highest BCUT2D eigenvalue weighted by Crippen LogP contribution is 2.27. The SMILES string of the molecule is Cc1[nH]c(=O)nc(N)c1-c1cccc(Cl)c1. The molecule has 0 aliphatic heterocycles. The molecule has 0 amide bonds. The summed E-state index contributed by atoms with van der Waals surface area (Å²) in [5.74, 6) is 0.212. The molecule has 0 radical (unpaired) electrons. The number of rotatable bonds is 1. The number of halogens is 1. The molecule has 5 heteroatoms. The van der Waals surface area contributed by atoms with Gasteiger partial charge in [0.05, 0.1) is 0 Å². The second-order valence-corrected chi connectivity index (χ2v) is 3.87. The second-order valence-electron chi connectivity index (χ2n) is 3.44. The number of hydrogen-bond donors (Lipinski definition) is 2. The van der Waals surface area contributed by atoms with Crippen molar-refractivity contribution >= 4 is 17.4 Å². The van der Waals surface area contributed by atoms with Gasteiger partial charge in [0, 0.05) is 16.3 Å². The molecule has 0 spiro atoms. The van der Waals surface area contributed by atoms with Gasteiger partial charge in [-0.2, -0.15) is 4.98 Å². The molecule has 2 rings (SSSR count). The lowest BCUT2D eigenvalue weighted by Gasteiger charge is -2.08. The van der Waals surface area contributed by atoms with Crippen molar-refractivity contribution < 1.29 is 0 Å². The molecule has 0 unspecified atom stereocenters. The molecule has 0 saturated carbocycles. The maximum atomic E-state index is 11.1. The van der Waals surface area contributed by atoms with Crippen LogP contribution in [0.3, 0.4) is 0 Å². The van der Waals surface area contributed by atoms with Crippen molar-refractivity contribution in [1.82, 2.24) is 9.97 Å². The van der Waals surface area contributed by atoms with E-state index in [-0.39, 0.29) is 5.82 Å². The van der Waals surface area contributed by atoms with Crippen molar-refractivity contribution in [2.75, 3.05) is 5.73 Å². The molecule has 1 aromatic carbocycles. The number of aryl methyl sites for hydroxylation is 1. The first kappa shape index (κ1) is 10.7. The van der Waals surface area contributed by atoms with Crippen LogP contribution in [0.25, 0.3) is 11.1 Å². The van der Waals surface area contributed by atoms with Crippen molar-refractivity contribution in [3.8, 4) is 11.1 Å². The molecule has 1 aromatic heterocycles. The van der Waals surface area contributed by atoms with E-state index in [4.69, 9.17) is 17.3 Å². The van der Waals surface area contributed by atoms with Crippen molar-refractivity contribution in [3.63, 3.8) is 0 Å². The van der Waals surface area contributed by atoms with Gasteiger partial charge in [0.2, 0.25) is 0 Å². The first-order chi connectivity index (χ1) is 7.58. The molecule has 0 aliphatic rings. The summed E-state index contributed by atoms with van der Waals surface area (Å²) in [6.45, 7) is 1.77. The summed E-state index contributed by atoms with van der Waals surface area (Å²) in [5.41, 5.74) is 7.52. The smallest absolute Gasteiger partial charge is 0.347 e. The fraction of sp³-hybridized carbons (Fsp3) is 0.0909. The zero-order valence-electron chi connectivity index (χ0n) is 8.62. The fourth-order valence-corrected chi connectivity index (χ4v) is 1.81.